The van der Waals surface area contributed by atoms with Crippen molar-refractivity contribution in [2.45, 2.75) is 13.3 Å². The Bertz CT molecular complexity index is 1180. The first kappa shape index (κ1) is 17.5. The van der Waals surface area contributed by atoms with E-state index in [2.05, 4.69) is 15.3 Å². The summed E-state index contributed by atoms with van der Waals surface area (Å²) in [5, 5.41) is 4.83. The van der Waals surface area contributed by atoms with Crippen LogP contribution in [0.1, 0.15) is 21.7 Å². The lowest BCUT2D eigenvalue weighted by atomic mass is 10.1. The molecule has 4 aromatic rings. The van der Waals surface area contributed by atoms with Gasteiger partial charge in [0.2, 0.25) is 0 Å². The van der Waals surface area contributed by atoms with Gasteiger partial charge in [0.05, 0.1) is 5.52 Å². The summed E-state index contributed by atoms with van der Waals surface area (Å²) in [6, 6.07) is 9.80. The lowest BCUT2D eigenvalue weighted by Crippen LogP contribution is -2.26. The maximum Gasteiger partial charge on any atom is 0.267 e. The third kappa shape index (κ3) is 3.06. The minimum absolute atomic E-state index is 0.152. The Morgan fingerprint density at radius 3 is 2.74 bits per heavy atom. The summed E-state index contributed by atoms with van der Waals surface area (Å²) in [5.41, 5.74) is 2.96. The summed E-state index contributed by atoms with van der Waals surface area (Å²) in [6.45, 7) is 2.16. The van der Waals surface area contributed by atoms with Crippen molar-refractivity contribution in [2.24, 2.45) is 0 Å². The molecule has 27 heavy (non-hydrogen) atoms. The van der Waals surface area contributed by atoms with Gasteiger partial charge in [-0.15, -0.1) is 0 Å². The van der Waals surface area contributed by atoms with E-state index in [0.717, 1.165) is 28.2 Å². The van der Waals surface area contributed by atoms with Crippen LogP contribution in [-0.4, -0.2) is 22.4 Å². The molecule has 0 fully saturated rings. The van der Waals surface area contributed by atoms with Crippen LogP contribution in [-0.2, 0) is 6.42 Å². The number of carbonyl (C=O) groups excluding carboxylic acids is 1. The number of benzene rings is 2. The summed E-state index contributed by atoms with van der Waals surface area (Å²) in [7, 11) is 0. The van der Waals surface area contributed by atoms with Crippen LogP contribution in [0.2, 0.25) is 5.02 Å². The average molecular weight is 388 g/mol. The van der Waals surface area contributed by atoms with E-state index in [4.69, 9.17) is 11.6 Å². The Kier molecular flexibility index (Phi) is 4.36. The summed E-state index contributed by atoms with van der Waals surface area (Å²) in [6.07, 6.45) is 0.490. The number of halogens is 3. The molecule has 0 aliphatic heterocycles. The number of hydrogen-bond acceptors (Lipinski definition) is 1. The monoisotopic (exact) mass is 387 g/mol. The summed E-state index contributed by atoms with van der Waals surface area (Å²) >= 11 is 6.13. The van der Waals surface area contributed by atoms with Crippen LogP contribution in [0.5, 0.6) is 0 Å². The Balaban J connectivity index is 1.50. The number of aryl methyl sites for hydroxylation is 1. The molecule has 3 N–H and O–H groups in total. The second-order valence-electron chi connectivity index (χ2n) is 6.40. The highest BCUT2D eigenvalue weighted by molar-refractivity contribution is 6.35. The standard InChI is InChI=1S/C20H16ClF2N3O/c1-10-11(12-5-6-15(22)18(23)19(12)25-10)7-8-24-20(27)17-9-13-14(21)3-2-4-16(13)26-17/h2-6,9,25-26H,7-8H2,1H3,(H,24,27). The normalized spacial score (nSPS) is 11.4. The van der Waals surface area contributed by atoms with Crippen LogP contribution in [0.25, 0.3) is 21.8 Å². The average Bonchev–Trinajstić information content (AvgIpc) is 3.21. The van der Waals surface area contributed by atoms with E-state index in [1.165, 1.54) is 0 Å². The first-order valence-corrected chi connectivity index (χ1v) is 8.84. The van der Waals surface area contributed by atoms with Crippen molar-refractivity contribution in [3.05, 3.63) is 70.0 Å². The molecule has 4 rings (SSSR count). The molecule has 0 spiro atoms. The number of aromatic amines is 2. The number of amides is 1. The smallest absolute Gasteiger partial charge is 0.267 e. The number of hydrogen-bond donors (Lipinski definition) is 3. The van der Waals surface area contributed by atoms with E-state index in [-0.39, 0.29) is 11.4 Å². The van der Waals surface area contributed by atoms with Gasteiger partial charge in [0, 0.05) is 33.6 Å². The predicted molar refractivity (Wildman–Crippen MR) is 102 cm³/mol. The number of carbonyl (C=O) groups is 1. The van der Waals surface area contributed by atoms with Crippen molar-refractivity contribution >= 4 is 39.3 Å². The highest BCUT2D eigenvalue weighted by atomic mass is 35.5. The molecule has 2 heterocycles. The fraction of sp³-hybridized carbons (Fsp3) is 0.150. The Hall–Kier alpha value is -2.86. The van der Waals surface area contributed by atoms with Gasteiger partial charge in [0.25, 0.3) is 5.91 Å². The van der Waals surface area contributed by atoms with E-state index in [9.17, 15) is 13.6 Å². The lowest BCUT2D eigenvalue weighted by molar-refractivity contribution is 0.0950. The van der Waals surface area contributed by atoms with Gasteiger partial charge in [-0.2, -0.15) is 0 Å². The van der Waals surface area contributed by atoms with Gasteiger partial charge in [-0.25, -0.2) is 8.78 Å². The third-order valence-electron chi connectivity index (χ3n) is 4.70. The summed E-state index contributed by atoms with van der Waals surface area (Å²) in [5.74, 6) is -2.03. The van der Waals surface area contributed by atoms with Gasteiger partial charge in [0.15, 0.2) is 11.6 Å². The van der Waals surface area contributed by atoms with Crippen LogP contribution in [0.4, 0.5) is 8.78 Å². The van der Waals surface area contributed by atoms with Crippen molar-refractivity contribution in [1.29, 1.82) is 0 Å². The van der Waals surface area contributed by atoms with Crippen molar-refractivity contribution in [3.8, 4) is 0 Å². The fourth-order valence-corrected chi connectivity index (χ4v) is 3.58. The second kappa shape index (κ2) is 6.70. The molecule has 0 unspecified atom stereocenters. The SMILES string of the molecule is Cc1[nH]c2c(F)c(F)ccc2c1CCNC(=O)c1cc2c(Cl)cccc2[nH]1. The highest BCUT2D eigenvalue weighted by Gasteiger charge is 2.15. The molecular weight excluding hydrogens is 372 g/mol. The van der Waals surface area contributed by atoms with E-state index in [0.29, 0.717) is 29.1 Å². The molecule has 2 aromatic carbocycles. The second-order valence-corrected chi connectivity index (χ2v) is 6.81. The number of fused-ring (bicyclic) bond motifs is 2. The highest BCUT2D eigenvalue weighted by Crippen LogP contribution is 2.26. The van der Waals surface area contributed by atoms with Gasteiger partial charge < -0.3 is 15.3 Å². The van der Waals surface area contributed by atoms with E-state index in [1.807, 2.05) is 12.1 Å². The molecule has 0 radical (unpaired) electrons. The first-order chi connectivity index (χ1) is 13.0. The van der Waals surface area contributed by atoms with Gasteiger partial charge in [-0.05, 0) is 49.2 Å². The number of rotatable bonds is 4. The Morgan fingerprint density at radius 1 is 1.15 bits per heavy atom. The molecule has 0 aliphatic carbocycles. The zero-order chi connectivity index (χ0) is 19.1. The van der Waals surface area contributed by atoms with Crippen LogP contribution in [0.3, 0.4) is 0 Å². The molecule has 0 saturated heterocycles. The largest absolute Gasteiger partial charge is 0.356 e. The summed E-state index contributed by atoms with van der Waals surface area (Å²) in [4.78, 5) is 18.3. The zero-order valence-electron chi connectivity index (χ0n) is 14.4. The molecule has 0 saturated carbocycles. The van der Waals surface area contributed by atoms with E-state index >= 15 is 0 Å². The molecule has 138 valence electrons. The molecule has 2 aromatic heterocycles. The van der Waals surface area contributed by atoms with Crippen molar-refractivity contribution in [1.82, 2.24) is 15.3 Å². The number of nitrogens with one attached hydrogen (secondary N) is 3. The van der Waals surface area contributed by atoms with Crippen LogP contribution in [0, 0.1) is 18.6 Å². The van der Waals surface area contributed by atoms with E-state index in [1.54, 1.807) is 25.1 Å². The van der Waals surface area contributed by atoms with Crippen LogP contribution < -0.4 is 5.32 Å². The molecule has 4 nitrogen and oxygen atoms in total. The topological polar surface area (TPSA) is 60.7 Å². The molecule has 0 atom stereocenters. The maximum atomic E-state index is 13.9. The quantitative estimate of drug-likeness (QED) is 0.460. The molecule has 0 bridgehead atoms. The van der Waals surface area contributed by atoms with Gasteiger partial charge in [-0.1, -0.05) is 17.7 Å². The van der Waals surface area contributed by atoms with Gasteiger partial charge in [0.1, 0.15) is 5.69 Å². The van der Waals surface area contributed by atoms with E-state index < -0.39 is 11.6 Å². The minimum atomic E-state index is -0.888. The van der Waals surface area contributed by atoms with Crippen molar-refractivity contribution in [2.75, 3.05) is 6.54 Å². The zero-order valence-corrected chi connectivity index (χ0v) is 15.2. The molecule has 0 aliphatic rings. The molecular formula is C20H16ClF2N3O. The Morgan fingerprint density at radius 2 is 1.96 bits per heavy atom. The molecule has 1 amide bonds. The van der Waals surface area contributed by atoms with Gasteiger partial charge in [-0.3, -0.25) is 4.79 Å². The fourth-order valence-electron chi connectivity index (χ4n) is 3.35. The summed E-state index contributed by atoms with van der Waals surface area (Å²) < 4.78 is 27.3. The number of aromatic nitrogens is 2. The van der Waals surface area contributed by atoms with Crippen LogP contribution >= 0.6 is 11.6 Å². The Labute approximate surface area is 158 Å². The van der Waals surface area contributed by atoms with Crippen LogP contribution in [0.15, 0.2) is 36.4 Å². The lowest BCUT2D eigenvalue weighted by Gasteiger charge is -2.05. The minimum Gasteiger partial charge on any atom is -0.356 e. The maximum absolute atomic E-state index is 13.9. The molecule has 7 heteroatoms. The predicted octanol–water partition coefficient (Wildman–Crippen LogP) is 4.86. The third-order valence-corrected chi connectivity index (χ3v) is 5.03. The first-order valence-electron chi connectivity index (χ1n) is 8.46. The van der Waals surface area contributed by atoms with Crippen molar-refractivity contribution in [3.63, 3.8) is 0 Å². The van der Waals surface area contributed by atoms with Gasteiger partial charge >= 0.3 is 0 Å². The number of H-pyrrole nitrogens is 2. The van der Waals surface area contributed by atoms with Crippen molar-refractivity contribution < 1.29 is 13.6 Å².